The van der Waals surface area contributed by atoms with Gasteiger partial charge < -0.3 is 10.3 Å². The van der Waals surface area contributed by atoms with Crippen molar-refractivity contribution in [3.8, 4) is 0 Å². The summed E-state index contributed by atoms with van der Waals surface area (Å²) in [5, 5.41) is 3.36. The van der Waals surface area contributed by atoms with E-state index >= 15 is 0 Å². The number of hydrogen-bond donors (Lipinski definition) is 2. The Morgan fingerprint density at radius 2 is 1.89 bits per heavy atom. The molecule has 0 aliphatic carbocycles. The smallest absolute Gasteiger partial charge is 0.205 e. The van der Waals surface area contributed by atoms with E-state index in [2.05, 4.69) is 66.4 Å². The van der Waals surface area contributed by atoms with E-state index in [9.17, 15) is 0 Å². The predicted octanol–water partition coefficient (Wildman–Crippen LogP) is 4.23. The largest absolute Gasteiger partial charge is 0.326 e. The van der Waals surface area contributed by atoms with E-state index in [1.807, 2.05) is 6.07 Å². The normalized spacial score (nSPS) is 10.9. The number of H-pyrrole nitrogens is 1. The molecule has 0 atom stereocenters. The first-order valence-corrected chi connectivity index (χ1v) is 6.43. The van der Waals surface area contributed by atoms with Crippen LogP contribution < -0.4 is 5.32 Å². The van der Waals surface area contributed by atoms with Crippen LogP contribution in [0.3, 0.4) is 0 Å². The van der Waals surface area contributed by atoms with Crippen molar-refractivity contribution in [3.63, 3.8) is 0 Å². The number of benzene rings is 2. The average Bonchev–Trinajstić information content (AvgIpc) is 2.76. The average molecular weight is 251 g/mol. The summed E-state index contributed by atoms with van der Waals surface area (Å²) in [5.74, 6) is 0.786. The van der Waals surface area contributed by atoms with Crippen LogP contribution in [0.5, 0.6) is 0 Å². The topological polar surface area (TPSA) is 40.7 Å². The van der Waals surface area contributed by atoms with Crippen LogP contribution in [0.2, 0.25) is 0 Å². The Balaban J connectivity index is 1.99. The highest BCUT2D eigenvalue weighted by Crippen LogP contribution is 2.23. The lowest BCUT2D eigenvalue weighted by Gasteiger charge is -2.08. The Hall–Kier alpha value is -2.29. The molecule has 0 bridgehead atoms. The molecule has 0 unspecified atom stereocenters. The van der Waals surface area contributed by atoms with E-state index in [1.54, 1.807) is 0 Å². The first-order chi connectivity index (χ1) is 9.13. The molecule has 2 N–H and O–H groups in total. The number of aryl methyl sites for hydroxylation is 2. The summed E-state index contributed by atoms with van der Waals surface area (Å²) in [5.41, 5.74) is 6.90. The summed E-state index contributed by atoms with van der Waals surface area (Å²) in [6.45, 7) is 6.31. The highest BCUT2D eigenvalue weighted by Gasteiger charge is 2.05. The van der Waals surface area contributed by atoms with Crippen molar-refractivity contribution in [2.75, 3.05) is 5.32 Å². The molecule has 1 heterocycles. The molecule has 0 saturated carbocycles. The zero-order valence-electron chi connectivity index (χ0n) is 11.4. The van der Waals surface area contributed by atoms with E-state index in [0.29, 0.717) is 0 Å². The van der Waals surface area contributed by atoms with Gasteiger partial charge in [0.25, 0.3) is 0 Å². The number of fused-ring (bicyclic) bond motifs is 1. The Morgan fingerprint density at radius 3 is 2.74 bits per heavy atom. The lowest BCUT2D eigenvalue weighted by molar-refractivity contribution is 1.27. The van der Waals surface area contributed by atoms with Crippen molar-refractivity contribution in [2.45, 2.75) is 20.8 Å². The molecule has 0 fully saturated rings. The van der Waals surface area contributed by atoms with Gasteiger partial charge in [-0.25, -0.2) is 4.98 Å². The second kappa shape index (κ2) is 4.43. The lowest BCUT2D eigenvalue weighted by Crippen LogP contribution is -1.96. The van der Waals surface area contributed by atoms with Gasteiger partial charge in [-0.15, -0.1) is 0 Å². The third kappa shape index (κ3) is 2.19. The van der Waals surface area contributed by atoms with Crippen molar-refractivity contribution in [3.05, 3.63) is 53.1 Å². The number of rotatable bonds is 2. The molecule has 0 aliphatic heterocycles. The maximum absolute atomic E-state index is 4.55. The van der Waals surface area contributed by atoms with Gasteiger partial charge in [0.2, 0.25) is 5.95 Å². The fraction of sp³-hybridized carbons (Fsp3) is 0.188. The first kappa shape index (κ1) is 11.8. The molecule has 0 amide bonds. The number of imidazole rings is 1. The van der Waals surface area contributed by atoms with Crippen LogP contribution in [0.4, 0.5) is 11.6 Å². The summed E-state index contributed by atoms with van der Waals surface area (Å²) in [6.07, 6.45) is 0. The summed E-state index contributed by atoms with van der Waals surface area (Å²) >= 11 is 0. The highest BCUT2D eigenvalue weighted by atomic mass is 15.1. The van der Waals surface area contributed by atoms with E-state index in [-0.39, 0.29) is 0 Å². The monoisotopic (exact) mass is 251 g/mol. The van der Waals surface area contributed by atoms with Crippen molar-refractivity contribution >= 4 is 22.7 Å². The first-order valence-electron chi connectivity index (χ1n) is 6.43. The standard InChI is InChI=1S/C16H17N3/c1-10-7-8-14-15(9-10)19-16(18-14)17-13-6-4-5-11(2)12(13)3/h4-9H,1-3H3,(H2,17,18,19). The van der Waals surface area contributed by atoms with Gasteiger partial charge in [0.1, 0.15) is 0 Å². The van der Waals surface area contributed by atoms with Gasteiger partial charge in [0, 0.05) is 5.69 Å². The predicted molar refractivity (Wildman–Crippen MR) is 80.0 cm³/mol. The van der Waals surface area contributed by atoms with Gasteiger partial charge in [-0.05, 0) is 55.7 Å². The molecule has 1 aromatic heterocycles. The van der Waals surface area contributed by atoms with Crippen LogP contribution in [0, 0.1) is 20.8 Å². The molecule has 2 aromatic carbocycles. The van der Waals surface area contributed by atoms with Crippen molar-refractivity contribution in [2.24, 2.45) is 0 Å². The minimum Gasteiger partial charge on any atom is -0.326 e. The second-order valence-electron chi connectivity index (χ2n) is 4.98. The third-order valence-corrected chi connectivity index (χ3v) is 3.50. The summed E-state index contributed by atoms with van der Waals surface area (Å²) < 4.78 is 0. The SMILES string of the molecule is Cc1ccc2nc(Nc3cccc(C)c3C)[nH]c2c1. The van der Waals surface area contributed by atoms with Gasteiger partial charge >= 0.3 is 0 Å². The Labute approximate surface area is 112 Å². The number of nitrogens with one attached hydrogen (secondary N) is 2. The van der Waals surface area contributed by atoms with Gasteiger partial charge in [0.15, 0.2) is 0 Å². The highest BCUT2D eigenvalue weighted by molar-refractivity contribution is 5.79. The molecule has 3 nitrogen and oxygen atoms in total. The van der Waals surface area contributed by atoms with Crippen LogP contribution in [0.15, 0.2) is 36.4 Å². The maximum atomic E-state index is 4.55. The Kier molecular flexibility index (Phi) is 2.75. The number of hydrogen-bond acceptors (Lipinski definition) is 2. The molecule has 96 valence electrons. The van der Waals surface area contributed by atoms with E-state index in [4.69, 9.17) is 0 Å². The van der Waals surface area contributed by atoms with Crippen LogP contribution in [-0.4, -0.2) is 9.97 Å². The molecule has 0 aliphatic rings. The van der Waals surface area contributed by atoms with Gasteiger partial charge in [-0.2, -0.15) is 0 Å². The van der Waals surface area contributed by atoms with E-state index in [1.165, 1.54) is 16.7 Å². The molecule has 0 saturated heterocycles. The Bertz CT molecular complexity index is 741. The van der Waals surface area contributed by atoms with Crippen molar-refractivity contribution in [1.82, 2.24) is 9.97 Å². The maximum Gasteiger partial charge on any atom is 0.205 e. The second-order valence-corrected chi connectivity index (χ2v) is 4.98. The van der Waals surface area contributed by atoms with Gasteiger partial charge in [0.05, 0.1) is 11.0 Å². The third-order valence-electron chi connectivity index (χ3n) is 3.50. The van der Waals surface area contributed by atoms with Crippen molar-refractivity contribution in [1.29, 1.82) is 0 Å². The number of aromatic nitrogens is 2. The molecule has 3 aromatic rings. The Morgan fingerprint density at radius 1 is 1.05 bits per heavy atom. The lowest BCUT2D eigenvalue weighted by atomic mass is 10.1. The minimum atomic E-state index is 0.786. The molecule has 0 radical (unpaired) electrons. The molecule has 3 rings (SSSR count). The fourth-order valence-electron chi connectivity index (χ4n) is 2.20. The zero-order chi connectivity index (χ0) is 13.4. The molecule has 0 spiro atoms. The van der Waals surface area contributed by atoms with E-state index < -0.39 is 0 Å². The quantitative estimate of drug-likeness (QED) is 0.715. The van der Waals surface area contributed by atoms with Crippen LogP contribution in [0.1, 0.15) is 16.7 Å². The summed E-state index contributed by atoms with van der Waals surface area (Å²) in [6, 6.07) is 12.5. The summed E-state index contributed by atoms with van der Waals surface area (Å²) in [4.78, 5) is 7.86. The van der Waals surface area contributed by atoms with Gasteiger partial charge in [-0.3, -0.25) is 0 Å². The molecule has 3 heteroatoms. The minimum absolute atomic E-state index is 0.786. The van der Waals surface area contributed by atoms with Crippen molar-refractivity contribution < 1.29 is 0 Å². The fourth-order valence-corrected chi connectivity index (χ4v) is 2.20. The van der Waals surface area contributed by atoms with Crippen LogP contribution in [0.25, 0.3) is 11.0 Å². The molecular formula is C16H17N3. The van der Waals surface area contributed by atoms with Crippen LogP contribution in [-0.2, 0) is 0 Å². The van der Waals surface area contributed by atoms with E-state index in [0.717, 1.165) is 22.7 Å². The number of aromatic amines is 1. The van der Waals surface area contributed by atoms with Gasteiger partial charge in [-0.1, -0.05) is 18.2 Å². The molecular weight excluding hydrogens is 234 g/mol. The molecule has 19 heavy (non-hydrogen) atoms. The zero-order valence-corrected chi connectivity index (χ0v) is 11.4. The van der Waals surface area contributed by atoms with Crippen LogP contribution >= 0.6 is 0 Å². The number of anilines is 2. The summed E-state index contributed by atoms with van der Waals surface area (Å²) in [7, 11) is 0. The number of nitrogens with zero attached hydrogens (tertiary/aromatic N) is 1.